The van der Waals surface area contributed by atoms with Gasteiger partial charge in [0.05, 0.1) is 11.8 Å². The number of aliphatic carboxylic acids is 1. The normalized spacial score (nSPS) is 15.0. The van der Waals surface area contributed by atoms with Crippen LogP contribution < -0.4 is 5.11 Å². The number of aldehydes is 1. The van der Waals surface area contributed by atoms with Crippen LogP contribution in [0.2, 0.25) is 0 Å². The SMILES string of the molecule is C\C(C=O)=C/C=C/C(C)=C/C=C/C(C)=C/C=C/C=C(\C)c1cc(C)cc(/C=C/C(C)=C/C=C/C(C)=C/C=C/C(C)=C/O)[o+]1.O=C([O-])C(F)(F)F. The summed E-state index contributed by atoms with van der Waals surface area (Å²) in [4.78, 5) is 19.4. The zero-order chi connectivity index (χ0) is 38.1. The van der Waals surface area contributed by atoms with Crippen LogP contribution in [0.1, 0.15) is 65.6 Å². The number of carbonyl (C=O) groups is 2. The highest BCUT2D eigenvalue weighted by atomic mass is 19.4. The second-order valence-corrected chi connectivity index (χ2v) is 11.2. The number of aliphatic hydroxyl groups is 1. The van der Waals surface area contributed by atoms with E-state index < -0.39 is 12.1 Å². The van der Waals surface area contributed by atoms with Gasteiger partial charge in [0.15, 0.2) is 0 Å². The summed E-state index contributed by atoms with van der Waals surface area (Å²) in [5.74, 6) is -1.38. The Morgan fingerprint density at radius 2 is 1.06 bits per heavy atom. The Bertz CT molecular complexity index is 1690. The minimum atomic E-state index is -5.19. The Morgan fingerprint density at radius 1 is 0.660 bits per heavy atom. The average molecular weight is 689 g/mol. The van der Waals surface area contributed by atoms with Crippen molar-refractivity contribution in [2.24, 2.45) is 0 Å². The second kappa shape index (κ2) is 24.6. The number of aliphatic hydroxyl groups excluding tert-OH is 1. The Balaban J connectivity index is 0.00000308. The van der Waals surface area contributed by atoms with Gasteiger partial charge < -0.3 is 15.0 Å². The minimum absolute atomic E-state index is 0.698. The molecule has 0 radical (unpaired) electrons. The van der Waals surface area contributed by atoms with Gasteiger partial charge in [0.1, 0.15) is 12.3 Å². The number of rotatable bonds is 14. The number of halogens is 3. The van der Waals surface area contributed by atoms with Gasteiger partial charge in [-0.05, 0) is 84.3 Å². The van der Waals surface area contributed by atoms with Gasteiger partial charge in [-0.15, -0.1) is 0 Å². The van der Waals surface area contributed by atoms with Gasteiger partial charge in [0.2, 0.25) is 0 Å². The number of carboxylic acids is 1. The molecule has 1 aromatic heterocycles. The van der Waals surface area contributed by atoms with E-state index in [0.29, 0.717) is 5.57 Å². The van der Waals surface area contributed by atoms with Crippen LogP contribution in [0.3, 0.4) is 0 Å². The quantitative estimate of drug-likeness (QED) is 0.0691. The molecule has 0 atom stereocenters. The molecule has 0 saturated heterocycles. The first-order valence-electron chi connectivity index (χ1n) is 15.6. The molecule has 0 spiro atoms. The lowest BCUT2D eigenvalue weighted by atomic mass is 10.1. The van der Waals surface area contributed by atoms with Crippen LogP contribution in [-0.2, 0) is 9.59 Å². The summed E-state index contributed by atoms with van der Waals surface area (Å²) in [5, 5.41) is 17.7. The maximum atomic E-state index is 10.6. The van der Waals surface area contributed by atoms with Crippen LogP contribution in [-0.4, -0.2) is 23.5 Å². The predicted molar refractivity (Wildman–Crippen MR) is 199 cm³/mol. The van der Waals surface area contributed by atoms with Gasteiger partial charge in [0.25, 0.3) is 0 Å². The summed E-state index contributed by atoms with van der Waals surface area (Å²) in [6.45, 7) is 15.9. The Morgan fingerprint density at radius 3 is 1.50 bits per heavy atom. The molecule has 0 saturated carbocycles. The molecule has 1 N–H and O–H groups in total. The molecule has 8 heteroatoms. The fourth-order valence-corrected chi connectivity index (χ4v) is 3.35. The molecular weight excluding hydrogens is 641 g/mol. The lowest BCUT2D eigenvalue weighted by Crippen LogP contribution is -2.37. The van der Waals surface area contributed by atoms with E-state index in [-0.39, 0.29) is 0 Å². The Hall–Kier alpha value is -5.50. The molecule has 50 heavy (non-hydrogen) atoms. The summed E-state index contributed by atoms with van der Waals surface area (Å²) in [6.07, 6.45) is 32.5. The largest absolute Gasteiger partial charge is 0.542 e. The number of alkyl halides is 3. The van der Waals surface area contributed by atoms with Gasteiger partial charge in [-0.25, -0.2) is 4.42 Å². The molecular formula is C42H47F3O5. The smallest absolute Gasteiger partial charge is 0.430 e. The van der Waals surface area contributed by atoms with Crippen molar-refractivity contribution in [1.82, 2.24) is 0 Å². The monoisotopic (exact) mass is 688 g/mol. The average Bonchev–Trinajstić information content (AvgIpc) is 3.05. The highest BCUT2D eigenvalue weighted by Crippen LogP contribution is 2.20. The third-order valence-electron chi connectivity index (χ3n) is 6.17. The topological polar surface area (TPSA) is 88.7 Å². The second-order valence-electron chi connectivity index (χ2n) is 11.2. The van der Waals surface area contributed by atoms with Crippen LogP contribution in [0.4, 0.5) is 13.2 Å². The molecule has 0 fully saturated rings. The van der Waals surface area contributed by atoms with Crippen LogP contribution in [0.25, 0.3) is 11.6 Å². The zero-order valence-electron chi connectivity index (χ0n) is 29.9. The van der Waals surface area contributed by atoms with Crippen LogP contribution >= 0.6 is 0 Å². The van der Waals surface area contributed by atoms with Gasteiger partial charge in [0, 0.05) is 18.2 Å². The molecule has 0 amide bonds. The summed E-state index contributed by atoms with van der Waals surface area (Å²) in [6, 6.07) is 4.08. The molecule has 266 valence electrons. The van der Waals surface area contributed by atoms with Gasteiger partial charge in [-0.3, -0.25) is 4.79 Å². The van der Waals surface area contributed by atoms with E-state index in [1.54, 1.807) is 13.0 Å². The van der Waals surface area contributed by atoms with E-state index >= 15 is 0 Å². The molecule has 1 aromatic rings. The molecule has 0 aromatic carbocycles. The summed E-state index contributed by atoms with van der Waals surface area (Å²) in [7, 11) is 0. The Kier molecular flexibility index (Phi) is 21.9. The van der Waals surface area contributed by atoms with Crippen molar-refractivity contribution in [1.29, 1.82) is 0 Å². The number of hydrogen-bond donors (Lipinski definition) is 1. The first-order valence-corrected chi connectivity index (χ1v) is 15.6. The maximum absolute atomic E-state index is 10.6. The van der Waals surface area contributed by atoms with E-state index in [1.165, 1.54) is 0 Å². The molecule has 1 heterocycles. The van der Waals surface area contributed by atoms with Gasteiger partial charge in [-0.2, -0.15) is 13.2 Å². The van der Waals surface area contributed by atoms with Crippen molar-refractivity contribution in [3.05, 3.63) is 172 Å². The van der Waals surface area contributed by atoms with Crippen molar-refractivity contribution in [2.75, 3.05) is 0 Å². The number of aryl methyl sites for hydroxylation is 1. The van der Waals surface area contributed by atoms with Gasteiger partial charge in [-0.1, -0.05) is 113 Å². The third kappa shape index (κ3) is 22.9. The minimum Gasteiger partial charge on any atom is -0.542 e. The molecule has 0 aliphatic heterocycles. The van der Waals surface area contributed by atoms with Crippen LogP contribution in [0.5, 0.6) is 0 Å². The zero-order valence-corrected chi connectivity index (χ0v) is 29.9. The standard InChI is InChI=1S/C40H46O3.C2HF3O2/c1-31(16-11-17-32(2)19-13-22-35(5)29-41)15-9-10-24-38(8)40-28-37(7)27-39(43-40)26-25-34(4)21-12-18-33(3)20-14-23-36(6)30-42;3-2(4,5)1(6)7/h9-30H,1-8H3;(H,6,7)/b10-9+,16-11+,18-12+,19-13+,23-14+,26-25+,31-15+,32-17+,33-20+,34-21+,35-22+,36-30+,38-24+;. The predicted octanol–water partition coefficient (Wildman–Crippen LogP) is 10.8. The van der Waals surface area contributed by atoms with Crippen molar-refractivity contribution in [2.45, 2.75) is 61.6 Å². The molecule has 0 bridgehead atoms. The fourth-order valence-electron chi connectivity index (χ4n) is 3.35. The number of hydrogen-bond acceptors (Lipinski definition) is 4. The molecule has 0 unspecified atom stereocenters. The van der Waals surface area contributed by atoms with Crippen molar-refractivity contribution in [3.63, 3.8) is 0 Å². The first kappa shape index (κ1) is 44.5. The number of carboxylic acid groups (broad SMARTS) is 1. The molecule has 5 nitrogen and oxygen atoms in total. The lowest BCUT2D eigenvalue weighted by molar-refractivity contribution is -0.344. The van der Waals surface area contributed by atoms with Crippen molar-refractivity contribution >= 4 is 23.9 Å². The van der Waals surface area contributed by atoms with Crippen LogP contribution in [0.15, 0.2) is 160 Å². The van der Waals surface area contributed by atoms with E-state index in [0.717, 1.165) is 63.1 Å². The molecule has 1 rings (SSSR count). The van der Waals surface area contributed by atoms with Gasteiger partial charge >= 0.3 is 17.7 Å². The van der Waals surface area contributed by atoms with E-state index in [2.05, 4.69) is 39.0 Å². The highest BCUT2D eigenvalue weighted by molar-refractivity contribution is 5.72. The Labute approximate surface area is 294 Å². The highest BCUT2D eigenvalue weighted by Gasteiger charge is 2.28. The summed E-state index contributed by atoms with van der Waals surface area (Å²) in [5.41, 5.74) is 8.12. The van der Waals surface area contributed by atoms with E-state index in [4.69, 9.17) is 19.4 Å². The number of allylic oxidation sites excluding steroid dienone is 24. The third-order valence-corrected chi connectivity index (χ3v) is 6.17. The number of carbonyl (C=O) groups excluding carboxylic acids is 2. The van der Waals surface area contributed by atoms with Crippen LogP contribution in [0, 0.1) is 6.92 Å². The molecule has 0 aliphatic rings. The van der Waals surface area contributed by atoms with Crippen molar-refractivity contribution in [3.8, 4) is 0 Å². The lowest BCUT2D eigenvalue weighted by Gasteiger charge is -2.03. The maximum Gasteiger partial charge on any atom is 0.430 e. The fraction of sp³-hybridized carbons (Fsp3) is 0.214. The molecule has 0 aliphatic carbocycles. The summed E-state index contributed by atoms with van der Waals surface area (Å²) < 4.78 is 37.7. The van der Waals surface area contributed by atoms with E-state index in [9.17, 15) is 18.0 Å². The van der Waals surface area contributed by atoms with E-state index in [1.807, 2.05) is 125 Å². The summed E-state index contributed by atoms with van der Waals surface area (Å²) >= 11 is 0. The first-order chi connectivity index (χ1) is 23.5. The van der Waals surface area contributed by atoms with Crippen molar-refractivity contribution < 1.29 is 37.4 Å².